The molecule has 0 bridgehead atoms. The fourth-order valence-electron chi connectivity index (χ4n) is 0.376. The smallest absolute Gasteiger partial charge is 0.291 e. The first-order valence-electron chi connectivity index (χ1n) is 3.03. The third-order valence-electron chi connectivity index (χ3n) is 0.766. The molecular weight excluding hydrogens is 150 g/mol. The van der Waals surface area contributed by atoms with Crippen molar-refractivity contribution in [2.24, 2.45) is 5.73 Å². The monoisotopic (exact) mass is 161 g/mol. The average molecular weight is 161 g/mol. The zero-order valence-corrected chi connectivity index (χ0v) is 6.23. The van der Waals surface area contributed by atoms with Crippen molar-refractivity contribution >= 4 is 0 Å². The van der Waals surface area contributed by atoms with Crippen LogP contribution in [0.2, 0.25) is 0 Å². The van der Waals surface area contributed by atoms with E-state index in [0.29, 0.717) is 0 Å². The summed E-state index contributed by atoms with van der Waals surface area (Å²) in [6.07, 6.45) is 1.81. The molecule has 0 spiro atoms. The van der Waals surface area contributed by atoms with Crippen LogP contribution in [-0.2, 0) is 0 Å². The van der Waals surface area contributed by atoms with E-state index in [4.69, 9.17) is 26.3 Å². The van der Waals surface area contributed by atoms with Gasteiger partial charge < -0.3 is 10.9 Å². The van der Waals surface area contributed by atoms with Crippen molar-refractivity contribution in [3.63, 3.8) is 0 Å². The molecule has 0 aliphatic rings. The van der Waals surface area contributed by atoms with Crippen molar-refractivity contribution in [1.29, 1.82) is 5.26 Å². The van der Waals surface area contributed by atoms with Crippen LogP contribution in [0.4, 0.5) is 0 Å². The highest BCUT2D eigenvalue weighted by molar-refractivity contribution is 4.85. The van der Waals surface area contributed by atoms with Gasteiger partial charge in [-0.15, -0.1) is 10.1 Å². The minimum absolute atomic E-state index is 0.245. The molecule has 0 fully saturated rings. The standard InChI is InChI=1S/C5H10N2.HNO3/c1-2-3-5(7)4-6;2-1(3)4/h5H,2-3,7H2,1H3;(H,2,3,4). The Bertz CT molecular complexity index is 138. The highest BCUT2D eigenvalue weighted by Crippen LogP contribution is 1.88. The van der Waals surface area contributed by atoms with Crippen LogP contribution in [0.15, 0.2) is 0 Å². The van der Waals surface area contributed by atoms with Crippen molar-refractivity contribution in [1.82, 2.24) is 0 Å². The molecule has 0 rings (SSSR count). The van der Waals surface area contributed by atoms with Gasteiger partial charge in [-0.25, -0.2) is 0 Å². The maximum Gasteiger partial charge on any atom is 0.291 e. The van der Waals surface area contributed by atoms with Gasteiger partial charge in [-0.2, -0.15) is 5.26 Å². The highest BCUT2D eigenvalue weighted by Gasteiger charge is 1.92. The lowest BCUT2D eigenvalue weighted by Gasteiger charge is -1.93. The lowest BCUT2D eigenvalue weighted by atomic mass is 10.2. The maximum absolute atomic E-state index is 8.36. The molecule has 64 valence electrons. The maximum atomic E-state index is 8.36. The summed E-state index contributed by atoms with van der Waals surface area (Å²) in [6, 6.07) is 1.70. The van der Waals surface area contributed by atoms with Crippen molar-refractivity contribution in [2.75, 3.05) is 0 Å². The van der Waals surface area contributed by atoms with Crippen LogP contribution in [-0.4, -0.2) is 16.3 Å². The fourth-order valence-corrected chi connectivity index (χ4v) is 0.376. The number of rotatable bonds is 2. The zero-order valence-electron chi connectivity index (χ0n) is 6.23. The summed E-state index contributed by atoms with van der Waals surface area (Å²) in [5, 5.41) is 21.7. The van der Waals surface area contributed by atoms with E-state index in [2.05, 4.69) is 0 Å². The molecule has 0 amide bonds. The zero-order chi connectivity index (χ0) is 9.28. The van der Waals surface area contributed by atoms with E-state index >= 15 is 0 Å². The van der Waals surface area contributed by atoms with Gasteiger partial charge in [0.2, 0.25) is 0 Å². The molecular formula is C5H11N3O3. The summed E-state index contributed by atoms with van der Waals surface area (Å²) in [7, 11) is 0. The summed E-state index contributed by atoms with van der Waals surface area (Å²) in [5.41, 5.74) is 5.22. The SMILES string of the molecule is CCCC(N)C#N.O=[N+]([O-])O. The average Bonchev–Trinajstić information content (AvgIpc) is 1.87. The Hall–Kier alpha value is -1.35. The molecule has 0 aromatic carbocycles. The molecule has 0 saturated heterocycles. The van der Waals surface area contributed by atoms with Gasteiger partial charge >= 0.3 is 0 Å². The van der Waals surface area contributed by atoms with Gasteiger partial charge in [0.25, 0.3) is 5.09 Å². The Balaban J connectivity index is 0. The molecule has 6 nitrogen and oxygen atoms in total. The Morgan fingerprint density at radius 2 is 2.27 bits per heavy atom. The van der Waals surface area contributed by atoms with E-state index in [-0.39, 0.29) is 6.04 Å². The first-order valence-corrected chi connectivity index (χ1v) is 3.03. The topological polar surface area (TPSA) is 113 Å². The largest absolute Gasteiger partial charge is 0.328 e. The van der Waals surface area contributed by atoms with Gasteiger partial charge in [-0.1, -0.05) is 13.3 Å². The van der Waals surface area contributed by atoms with E-state index in [1.807, 2.05) is 13.0 Å². The normalized spacial score (nSPS) is 10.3. The van der Waals surface area contributed by atoms with Gasteiger partial charge in [0, 0.05) is 0 Å². The lowest BCUT2D eigenvalue weighted by Crippen LogP contribution is -2.15. The second-order valence-corrected chi connectivity index (χ2v) is 1.76. The number of nitrogens with two attached hydrogens (primary N) is 1. The number of hydrogen-bond donors (Lipinski definition) is 2. The second kappa shape index (κ2) is 8.65. The predicted octanol–water partition coefficient (Wildman–Crippen LogP) is 0.290. The van der Waals surface area contributed by atoms with Gasteiger partial charge in [0.05, 0.1) is 12.1 Å². The molecule has 6 heteroatoms. The Morgan fingerprint density at radius 1 is 1.91 bits per heavy atom. The van der Waals surface area contributed by atoms with Gasteiger partial charge in [0.1, 0.15) is 0 Å². The quantitative estimate of drug-likeness (QED) is 0.446. The van der Waals surface area contributed by atoms with Crippen LogP contribution in [0.25, 0.3) is 0 Å². The molecule has 0 saturated carbocycles. The van der Waals surface area contributed by atoms with Crippen LogP contribution >= 0.6 is 0 Å². The molecule has 0 aliphatic carbocycles. The summed E-state index contributed by atoms with van der Waals surface area (Å²) in [5.74, 6) is 0. The number of nitrogens with zero attached hydrogens (tertiary/aromatic N) is 2. The van der Waals surface area contributed by atoms with Crippen LogP contribution in [0, 0.1) is 21.4 Å². The summed E-state index contributed by atoms with van der Waals surface area (Å²) in [6.45, 7) is 2.01. The van der Waals surface area contributed by atoms with E-state index in [1.54, 1.807) is 0 Å². The van der Waals surface area contributed by atoms with Crippen LogP contribution in [0.1, 0.15) is 19.8 Å². The number of hydrogen-bond acceptors (Lipinski definition) is 4. The minimum atomic E-state index is -1.50. The molecule has 11 heavy (non-hydrogen) atoms. The lowest BCUT2D eigenvalue weighted by molar-refractivity contribution is -0.742. The Morgan fingerprint density at radius 3 is 2.36 bits per heavy atom. The minimum Gasteiger partial charge on any atom is -0.328 e. The summed E-state index contributed by atoms with van der Waals surface area (Å²) >= 11 is 0. The second-order valence-electron chi connectivity index (χ2n) is 1.76. The number of nitriles is 1. The van der Waals surface area contributed by atoms with Gasteiger partial charge in [0.15, 0.2) is 0 Å². The molecule has 3 N–H and O–H groups in total. The highest BCUT2D eigenvalue weighted by atomic mass is 16.9. The summed E-state index contributed by atoms with van der Waals surface area (Å²) in [4.78, 5) is 8.36. The van der Waals surface area contributed by atoms with E-state index in [9.17, 15) is 0 Å². The van der Waals surface area contributed by atoms with Crippen LogP contribution in [0.3, 0.4) is 0 Å². The van der Waals surface area contributed by atoms with Crippen molar-refractivity contribution < 1.29 is 10.3 Å². The van der Waals surface area contributed by atoms with E-state index in [1.165, 1.54) is 0 Å². The Labute approximate surface area is 64.3 Å². The molecule has 0 aliphatic heterocycles. The first-order chi connectivity index (χ1) is 5.04. The molecule has 0 aromatic heterocycles. The van der Waals surface area contributed by atoms with Gasteiger partial charge in [-0.3, -0.25) is 0 Å². The molecule has 0 radical (unpaired) electrons. The third-order valence-corrected chi connectivity index (χ3v) is 0.766. The first kappa shape index (κ1) is 12.3. The third kappa shape index (κ3) is 28.7. The summed E-state index contributed by atoms with van der Waals surface area (Å²) < 4.78 is 0. The van der Waals surface area contributed by atoms with Crippen LogP contribution < -0.4 is 5.73 Å². The fraction of sp³-hybridized carbons (Fsp3) is 0.800. The van der Waals surface area contributed by atoms with Gasteiger partial charge in [-0.05, 0) is 6.42 Å². The molecule has 1 unspecified atom stereocenters. The van der Waals surface area contributed by atoms with E-state index < -0.39 is 5.09 Å². The molecule has 0 aromatic rings. The predicted molar refractivity (Wildman–Crippen MR) is 37.3 cm³/mol. The van der Waals surface area contributed by atoms with Crippen molar-refractivity contribution in [3.05, 3.63) is 10.1 Å². The van der Waals surface area contributed by atoms with Crippen LogP contribution in [0.5, 0.6) is 0 Å². The molecule has 0 heterocycles. The van der Waals surface area contributed by atoms with Crippen molar-refractivity contribution in [2.45, 2.75) is 25.8 Å². The van der Waals surface area contributed by atoms with Crippen molar-refractivity contribution in [3.8, 4) is 6.07 Å². The molecule has 1 atom stereocenters. The Kier molecular flexibility index (Phi) is 9.70. The van der Waals surface area contributed by atoms with E-state index in [0.717, 1.165) is 12.8 Å².